The lowest BCUT2D eigenvalue weighted by atomic mass is 10.4. The number of rotatable bonds is 3. The number of hydrogen-bond acceptors (Lipinski definition) is 5. The predicted molar refractivity (Wildman–Crippen MR) is 40.3 cm³/mol. The molecule has 5 heteroatoms. The van der Waals surface area contributed by atoms with E-state index in [2.05, 4.69) is 15.5 Å². The molecule has 1 N–H and O–H groups in total. The Kier molecular flexibility index (Phi) is 1.77. The molecule has 0 bridgehead atoms. The van der Waals surface area contributed by atoms with Crippen LogP contribution < -0.4 is 5.32 Å². The summed E-state index contributed by atoms with van der Waals surface area (Å²) in [5.74, 6) is 0.827. The monoisotopic (exact) mass is 165 g/mol. The molecule has 12 heavy (non-hydrogen) atoms. The van der Waals surface area contributed by atoms with E-state index in [1.807, 2.05) is 12.1 Å². The van der Waals surface area contributed by atoms with Crippen molar-refractivity contribution in [3.05, 3.63) is 30.5 Å². The van der Waals surface area contributed by atoms with Gasteiger partial charge in [-0.05, 0) is 12.1 Å². The Hall–Kier alpha value is -1.78. The van der Waals surface area contributed by atoms with Gasteiger partial charge in [-0.3, -0.25) is 0 Å². The van der Waals surface area contributed by atoms with Gasteiger partial charge < -0.3 is 14.2 Å². The van der Waals surface area contributed by atoms with E-state index in [4.69, 9.17) is 8.83 Å². The summed E-state index contributed by atoms with van der Waals surface area (Å²) < 4.78 is 9.94. The van der Waals surface area contributed by atoms with Crippen molar-refractivity contribution >= 4 is 6.01 Å². The quantitative estimate of drug-likeness (QED) is 0.742. The molecule has 0 fully saturated rings. The molecule has 0 saturated heterocycles. The van der Waals surface area contributed by atoms with Gasteiger partial charge in [-0.25, -0.2) is 0 Å². The highest BCUT2D eigenvalue weighted by Crippen LogP contribution is 2.04. The van der Waals surface area contributed by atoms with Gasteiger partial charge in [0.05, 0.1) is 12.8 Å². The Morgan fingerprint density at radius 3 is 3.08 bits per heavy atom. The molecular weight excluding hydrogens is 158 g/mol. The molecule has 0 aliphatic rings. The summed E-state index contributed by atoms with van der Waals surface area (Å²) in [4.78, 5) is 0. The first-order valence-electron chi connectivity index (χ1n) is 3.47. The average molecular weight is 165 g/mol. The number of hydrogen-bond donors (Lipinski definition) is 1. The van der Waals surface area contributed by atoms with Gasteiger partial charge in [0.25, 0.3) is 0 Å². The fraction of sp³-hybridized carbons (Fsp3) is 0.143. The maximum atomic E-state index is 5.08. The summed E-state index contributed by atoms with van der Waals surface area (Å²) in [6, 6.07) is 4.08. The first kappa shape index (κ1) is 6.90. The van der Waals surface area contributed by atoms with Crippen molar-refractivity contribution in [3.8, 4) is 0 Å². The molecule has 0 aliphatic heterocycles. The van der Waals surface area contributed by atoms with Crippen molar-refractivity contribution in [1.29, 1.82) is 0 Å². The van der Waals surface area contributed by atoms with E-state index in [1.165, 1.54) is 6.39 Å². The summed E-state index contributed by atoms with van der Waals surface area (Å²) in [6.07, 6.45) is 2.88. The number of furan rings is 1. The van der Waals surface area contributed by atoms with E-state index in [9.17, 15) is 0 Å². The van der Waals surface area contributed by atoms with E-state index in [0.717, 1.165) is 5.76 Å². The van der Waals surface area contributed by atoms with Crippen LogP contribution in [0.2, 0.25) is 0 Å². The zero-order chi connectivity index (χ0) is 8.23. The summed E-state index contributed by atoms with van der Waals surface area (Å²) in [6.45, 7) is 0.551. The zero-order valence-corrected chi connectivity index (χ0v) is 6.23. The molecule has 0 aromatic carbocycles. The molecule has 0 unspecified atom stereocenters. The first-order valence-corrected chi connectivity index (χ1v) is 3.47. The highest BCUT2D eigenvalue weighted by molar-refractivity contribution is 5.17. The molecule has 0 atom stereocenters. The summed E-state index contributed by atoms with van der Waals surface area (Å²) in [7, 11) is 0. The second-order valence-corrected chi connectivity index (χ2v) is 2.18. The van der Waals surface area contributed by atoms with Crippen LogP contribution in [-0.2, 0) is 6.54 Å². The van der Waals surface area contributed by atoms with Crippen LogP contribution in [0, 0.1) is 0 Å². The Labute approximate surface area is 68.4 Å². The fourth-order valence-corrected chi connectivity index (χ4v) is 0.826. The molecule has 0 saturated carbocycles. The molecule has 2 heterocycles. The van der Waals surface area contributed by atoms with Crippen LogP contribution in [0.15, 0.2) is 33.6 Å². The lowest BCUT2D eigenvalue weighted by Crippen LogP contribution is -1.97. The third kappa shape index (κ3) is 1.45. The van der Waals surface area contributed by atoms with Gasteiger partial charge in [0.15, 0.2) is 0 Å². The minimum Gasteiger partial charge on any atom is -0.467 e. The van der Waals surface area contributed by atoms with Gasteiger partial charge in [0.1, 0.15) is 5.76 Å². The van der Waals surface area contributed by atoms with E-state index in [1.54, 1.807) is 6.26 Å². The zero-order valence-electron chi connectivity index (χ0n) is 6.23. The standard InChI is InChI=1S/C7H7N3O2/c1-2-6(11-3-1)4-8-7-10-9-5-12-7/h1-3,5H,4H2,(H,8,10). The van der Waals surface area contributed by atoms with Crippen molar-refractivity contribution in [3.63, 3.8) is 0 Å². The lowest BCUT2D eigenvalue weighted by Gasteiger charge is -1.95. The van der Waals surface area contributed by atoms with Crippen LogP contribution in [0.3, 0.4) is 0 Å². The maximum Gasteiger partial charge on any atom is 0.315 e. The molecule has 0 amide bonds. The Morgan fingerprint density at radius 2 is 2.42 bits per heavy atom. The highest BCUT2D eigenvalue weighted by Gasteiger charge is 1.98. The van der Waals surface area contributed by atoms with Gasteiger partial charge in [-0.1, -0.05) is 5.10 Å². The average Bonchev–Trinajstić information content (AvgIpc) is 2.74. The largest absolute Gasteiger partial charge is 0.467 e. The van der Waals surface area contributed by atoms with Crippen LogP contribution >= 0.6 is 0 Å². The summed E-state index contributed by atoms with van der Waals surface area (Å²) >= 11 is 0. The molecular formula is C7H7N3O2. The smallest absolute Gasteiger partial charge is 0.315 e. The van der Waals surface area contributed by atoms with E-state index in [-0.39, 0.29) is 0 Å². The molecule has 2 aromatic rings. The maximum absolute atomic E-state index is 5.08. The molecule has 2 rings (SSSR count). The molecule has 2 aromatic heterocycles. The van der Waals surface area contributed by atoms with Crippen LogP contribution in [-0.4, -0.2) is 10.2 Å². The van der Waals surface area contributed by atoms with Crippen molar-refractivity contribution in [2.24, 2.45) is 0 Å². The van der Waals surface area contributed by atoms with E-state index < -0.39 is 0 Å². The van der Waals surface area contributed by atoms with Crippen molar-refractivity contribution in [2.45, 2.75) is 6.54 Å². The second-order valence-electron chi connectivity index (χ2n) is 2.18. The minimum atomic E-state index is 0.395. The highest BCUT2D eigenvalue weighted by atomic mass is 16.4. The van der Waals surface area contributed by atoms with Gasteiger partial charge >= 0.3 is 6.01 Å². The number of nitrogens with one attached hydrogen (secondary N) is 1. The van der Waals surface area contributed by atoms with Gasteiger partial charge in [0, 0.05) is 0 Å². The molecule has 62 valence electrons. The first-order chi connectivity index (χ1) is 5.95. The van der Waals surface area contributed by atoms with Gasteiger partial charge in [0.2, 0.25) is 6.39 Å². The Balaban J connectivity index is 1.91. The van der Waals surface area contributed by atoms with E-state index in [0.29, 0.717) is 12.6 Å². The SMILES string of the molecule is c1coc(CNc2nnco2)c1. The molecule has 0 spiro atoms. The number of aromatic nitrogens is 2. The van der Waals surface area contributed by atoms with Crippen LogP contribution in [0.1, 0.15) is 5.76 Å². The van der Waals surface area contributed by atoms with Gasteiger partial charge in [-0.15, -0.1) is 5.10 Å². The second kappa shape index (κ2) is 3.08. The predicted octanol–water partition coefficient (Wildman–Crippen LogP) is 1.27. The number of anilines is 1. The van der Waals surface area contributed by atoms with Crippen molar-refractivity contribution in [1.82, 2.24) is 10.2 Å². The third-order valence-electron chi connectivity index (χ3n) is 1.35. The summed E-state index contributed by atoms with van der Waals surface area (Å²) in [5.41, 5.74) is 0. The Bertz CT molecular complexity index is 280. The van der Waals surface area contributed by atoms with Crippen molar-refractivity contribution in [2.75, 3.05) is 5.32 Å². The third-order valence-corrected chi connectivity index (χ3v) is 1.35. The summed E-state index contributed by atoms with van der Waals surface area (Å²) in [5, 5.41) is 10.1. The van der Waals surface area contributed by atoms with Crippen LogP contribution in [0.25, 0.3) is 0 Å². The van der Waals surface area contributed by atoms with Crippen LogP contribution in [0.4, 0.5) is 6.01 Å². The van der Waals surface area contributed by atoms with Crippen LogP contribution in [0.5, 0.6) is 0 Å². The van der Waals surface area contributed by atoms with E-state index >= 15 is 0 Å². The Morgan fingerprint density at radius 1 is 1.42 bits per heavy atom. The normalized spacial score (nSPS) is 10.0. The molecule has 0 aliphatic carbocycles. The lowest BCUT2D eigenvalue weighted by molar-refractivity contribution is 0.509. The topological polar surface area (TPSA) is 64.1 Å². The molecule has 0 radical (unpaired) electrons. The number of nitrogens with zero attached hydrogens (tertiary/aromatic N) is 2. The fourth-order valence-electron chi connectivity index (χ4n) is 0.826. The van der Waals surface area contributed by atoms with Gasteiger partial charge in [-0.2, -0.15) is 0 Å². The minimum absolute atomic E-state index is 0.395. The van der Waals surface area contributed by atoms with Crippen molar-refractivity contribution < 1.29 is 8.83 Å². The molecule has 5 nitrogen and oxygen atoms in total.